The molecule has 1 aromatic heterocycles. The first-order chi connectivity index (χ1) is 12.0. The van der Waals surface area contributed by atoms with Gasteiger partial charge in [0.2, 0.25) is 0 Å². The normalized spacial score (nSPS) is 16.2. The number of carbonyl (C=O) groups excluding carboxylic acids is 1. The second kappa shape index (κ2) is 7.66. The van der Waals surface area contributed by atoms with Crippen molar-refractivity contribution in [1.82, 2.24) is 14.7 Å². The number of benzene rings is 1. The molecule has 0 unspecified atom stereocenters. The molecule has 0 bridgehead atoms. The van der Waals surface area contributed by atoms with Gasteiger partial charge in [-0.25, -0.2) is 9.18 Å². The van der Waals surface area contributed by atoms with Crippen LogP contribution in [0.4, 0.5) is 4.39 Å². The summed E-state index contributed by atoms with van der Waals surface area (Å²) in [5, 5.41) is 4.43. The first-order valence-electron chi connectivity index (χ1n) is 8.39. The van der Waals surface area contributed by atoms with Crippen molar-refractivity contribution in [3.05, 3.63) is 40.2 Å². The third-order valence-corrected chi connectivity index (χ3v) is 5.00. The van der Waals surface area contributed by atoms with Crippen molar-refractivity contribution in [2.45, 2.75) is 25.8 Å². The maximum Gasteiger partial charge on any atom is 0.341 e. The highest BCUT2D eigenvalue weighted by Crippen LogP contribution is 2.33. The SMILES string of the molecule is CCOC(=O)c1cnn(C2CCN(C)CC2)c1-c1ccc(Br)cc1F. The molecule has 0 spiro atoms. The number of likely N-dealkylation sites (tertiary alicyclic amines) is 1. The van der Waals surface area contributed by atoms with E-state index in [0.717, 1.165) is 25.9 Å². The van der Waals surface area contributed by atoms with Crippen LogP contribution in [0.15, 0.2) is 28.9 Å². The van der Waals surface area contributed by atoms with Gasteiger partial charge in [-0.3, -0.25) is 4.68 Å². The quantitative estimate of drug-likeness (QED) is 0.718. The average Bonchev–Trinajstić information content (AvgIpc) is 3.00. The minimum atomic E-state index is -0.473. The van der Waals surface area contributed by atoms with Crippen LogP contribution in [0, 0.1) is 5.82 Å². The van der Waals surface area contributed by atoms with Crippen LogP contribution in [0.2, 0.25) is 0 Å². The Labute approximate surface area is 154 Å². The summed E-state index contributed by atoms with van der Waals surface area (Å²) in [6, 6.07) is 4.97. The highest BCUT2D eigenvalue weighted by atomic mass is 79.9. The van der Waals surface area contributed by atoms with Gasteiger partial charge in [0.1, 0.15) is 11.4 Å². The predicted octanol–water partition coefficient (Wildman–Crippen LogP) is 3.90. The van der Waals surface area contributed by atoms with Gasteiger partial charge in [0, 0.05) is 10.0 Å². The molecule has 1 saturated heterocycles. The number of esters is 1. The van der Waals surface area contributed by atoms with Gasteiger partial charge in [0.15, 0.2) is 0 Å². The van der Waals surface area contributed by atoms with Gasteiger partial charge < -0.3 is 9.64 Å². The number of rotatable bonds is 4. The molecule has 134 valence electrons. The Balaban J connectivity index is 2.08. The van der Waals surface area contributed by atoms with E-state index in [1.807, 2.05) is 0 Å². The summed E-state index contributed by atoms with van der Waals surface area (Å²) < 4.78 is 22.2. The zero-order valence-corrected chi connectivity index (χ0v) is 15.9. The summed E-state index contributed by atoms with van der Waals surface area (Å²) in [5.41, 5.74) is 1.17. The molecule has 5 nitrogen and oxygen atoms in total. The van der Waals surface area contributed by atoms with E-state index in [4.69, 9.17) is 4.74 Å². The van der Waals surface area contributed by atoms with E-state index >= 15 is 0 Å². The zero-order valence-electron chi connectivity index (χ0n) is 14.3. The molecule has 2 heterocycles. The Hall–Kier alpha value is -1.73. The molecule has 3 rings (SSSR count). The predicted molar refractivity (Wildman–Crippen MR) is 97.0 cm³/mol. The molecule has 1 fully saturated rings. The largest absolute Gasteiger partial charge is 0.462 e. The van der Waals surface area contributed by atoms with Crippen LogP contribution in [0.1, 0.15) is 36.2 Å². The van der Waals surface area contributed by atoms with E-state index in [9.17, 15) is 9.18 Å². The molecule has 0 N–H and O–H groups in total. The van der Waals surface area contributed by atoms with E-state index in [0.29, 0.717) is 21.3 Å². The van der Waals surface area contributed by atoms with Gasteiger partial charge >= 0.3 is 5.97 Å². The molecule has 25 heavy (non-hydrogen) atoms. The second-order valence-electron chi connectivity index (χ2n) is 6.23. The van der Waals surface area contributed by atoms with Gasteiger partial charge in [-0.15, -0.1) is 0 Å². The fraction of sp³-hybridized carbons (Fsp3) is 0.444. The molecule has 1 aliphatic rings. The number of ether oxygens (including phenoxy) is 1. The van der Waals surface area contributed by atoms with E-state index in [1.165, 1.54) is 12.3 Å². The first-order valence-corrected chi connectivity index (χ1v) is 9.19. The molecule has 2 aromatic rings. The lowest BCUT2D eigenvalue weighted by molar-refractivity contribution is 0.0527. The highest BCUT2D eigenvalue weighted by Gasteiger charge is 2.27. The third kappa shape index (κ3) is 3.77. The van der Waals surface area contributed by atoms with Crippen molar-refractivity contribution >= 4 is 21.9 Å². The van der Waals surface area contributed by atoms with E-state index in [1.54, 1.807) is 23.7 Å². The molecule has 1 aromatic carbocycles. The van der Waals surface area contributed by atoms with E-state index < -0.39 is 11.8 Å². The molecule has 0 aliphatic carbocycles. The fourth-order valence-corrected chi connectivity index (χ4v) is 3.52. The van der Waals surface area contributed by atoms with Crippen molar-refractivity contribution in [3.63, 3.8) is 0 Å². The number of piperidine rings is 1. The number of halogens is 2. The minimum Gasteiger partial charge on any atom is -0.462 e. The Morgan fingerprint density at radius 2 is 2.12 bits per heavy atom. The lowest BCUT2D eigenvalue weighted by Gasteiger charge is -2.30. The van der Waals surface area contributed by atoms with Crippen LogP contribution < -0.4 is 0 Å². The molecule has 0 atom stereocenters. The summed E-state index contributed by atoms with van der Waals surface area (Å²) in [4.78, 5) is 14.6. The van der Waals surface area contributed by atoms with Gasteiger partial charge in [-0.1, -0.05) is 15.9 Å². The van der Waals surface area contributed by atoms with Gasteiger partial charge in [0.05, 0.1) is 24.5 Å². The summed E-state index contributed by atoms with van der Waals surface area (Å²) >= 11 is 3.27. The Kier molecular flexibility index (Phi) is 5.54. The van der Waals surface area contributed by atoms with Gasteiger partial charge in [0.25, 0.3) is 0 Å². The van der Waals surface area contributed by atoms with Crippen molar-refractivity contribution in [2.24, 2.45) is 0 Å². The fourth-order valence-electron chi connectivity index (χ4n) is 3.19. The molecular formula is C18H21BrFN3O2. The summed E-state index contributed by atoms with van der Waals surface area (Å²) in [7, 11) is 2.08. The minimum absolute atomic E-state index is 0.137. The van der Waals surface area contributed by atoms with Crippen LogP contribution in [-0.2, 0) is 4.74 Å². The van der Waals surface area contributed by atoms with Crippen LogP contribution in [0.5, 0.6) is 0 Å². The van der Waals surface area contributed by atoms with Crippen LogP contribution in [0.25, 0.3) is 11.3 Å². The van der Waals surface area contributed by atoms with Crippen molar-refractivity contribution in [3.8, 4) is 11.3 Å². The Bertz CT molecular complexity index is 770. The van der Waals surface area contributed by atoms with Gasteiger partial charge in [-0.2, -0.15) is 5.10 Å². The van der Waals surface area contributed by atoms with Gasteiger partial charge in [-0.05, 0) is 58.1 Å². The monoisotopic (exact) mass is 409 g/mol. The summed E-state index contributed by atoms with van der Waals surface area (Å²) in [6.45, 7) is 3.91. The number of aromatic nitrogens is 2. The first kappa shape index (κ1) is 18.1. The Morgan fingerprint density at radius 3 is 2.76 bits per heavy atom. The molecule has 0 saturated carbocycles. The van der Waals surface area contributed by atoms with Crippen molar-refractivity contribution in [2.75, 3.05) is 26.7 Å². The Morgan fingerprint density at radius 1 is 1.40 bits per heavy atom. The molecular weight excluding hydrogens is 389 g/mol. The summed E-state index contributed by atoms with van der Waals surface area (Å²) in [6.07, 6.45) is 3.31. The molecule has 0 radical (unpaired) electrons. The van der Waals surface area contributed by atoms with Crippen molar-refractivity contribution < 1.29 is 13.9 Å². The standard InChI is InChI=1S/C18H21BrFN3O2/c1-3-25-18(24)15-11-21-23(13-6-8-22(2)9-7-13)17(15)14-5-4-12(19)10-16(14)20/h4-5,10-11,13H,3,6-9H2,1-2H3. The number of carbonyl (C=O) groups is 1. The number of hydrogen-bond acceptors (Lipinski definition) is 4. The van der Waals surface area contributed by atoms with Crippen molar-refractivity contribution in [1.29, 1.82) is 0 Å². The third-order valence-electron chi connectivity index (χ3n) is 4.51. The topological polar surface area (TPSA) is 47.4 Å². The second-order valence-corrected chi connectivity index (χ2v) is 7.15. The molecule has 7 heteroatoms. The van der Waals surface area contributed by atoms with Crippen LogP contribution in [-0.4, -0.2) is 47.4 Å². The maximum absolute atomic E-state index is 14.6. The zero-order chi connectivity index (χ0) is 18.0. The molecule has 1 aliphatic heterocycles. The maximum atomic E-state index is 14.6. The van der Waals surface area contributed by atoms with E-state index in [2.05, 4.69) is 33.0 Å². The van der Waals surface area contributed by atoms with E-state index in [-0.39, 0.29) is 12.6 Å². The number of hydrogen-bond donors (Lipinski definition) is 0. The lowest BCUT2D eigenvalue weighted by Crippen LogP contribution is -2.32. The van der Waals surface area contributed by atoms with Crippen LogP contribution in [0.3, 0.4) is 0 Å². The smallest absolute Gasteiger partial charge is 0.341 e. The molecule has 0 amide bonds. The lowest BCUT2D eigenvalue weighted by atomic mass is 10.0. The van der Waals surface area contributed by atoms with Crippen LogP contribution >= 0.6 is 15.9 Å². The number of nitrogens with zero attached hydrogens (tertiary/aromatic N) is 3. The highest BCUT2D eigenvalue weighted by molar-refractivity contribution is 9.10. The summed E-state index contributed by atoms with van der Waals surface area (Å²) in [5.74, 6) is -0.867. The average molecular weight is 410 g/mol.